The Balaban J connectivity index is 2.38. The molecule has 2 rings (SSSR count). The summed E-state index contributed by atoms with van der Waals surface area (Å²) in [5.74, 6) is -1.22. The minimum atomic E-state index is -3.96. The van der Waals surface area contributed by atoms with Crippen molar-refractivity contribution >= 4 is 33.0 Å². The van der Waals surface area contributed by atoms with Gasteiger partial charge in [-0.2, -0.15) is 0 Å². The topological polar surface area (TPSA) is 129 Å². The van der Waals surface area contributed by atoms with Crippen molar-refractivity contribution in [1.29, 1.82) is 0 Å². The lowest BCUT2D eigenvalue weighted by Crippen LogP contribution is -2.13. The van der Waals surface area contributed by atoms with Gasteiger partial charge in [0.15, 0.2) is 4.21 Å². The normalized spacial score (nSPS) is 11.2. The van der Waals surface area contributed by atoms with Crippen LogP contribution >= 0.6 is 11.3 Å². The van der Waals surface area contributed by atoms with E-state index in [0.29, 0.717) is 11.3 Å². The minimum Gasteiger partial charge on any atom is -0.478 e. The summed E-state index contributed by atoms with van der Waals surface area (Å²) in [5.41, 5.74) is 0.0733. The van der Waals surface area contributed by atoms with Crippen LogP contribution in [0.15, 0.2) is 27.5 Å². The van der Waals surface area contributed by atoms with E-state index in [0.717, 1.165) is 12.3 Å². The number of anilines is 1. The monoisotopic (exact) mass is 315 g/mol. The lowest BCUT2D eigenvalue weighted by atomic mass is 10.3. The Morgan fingerprint density at radius 3 is 2.70 bits per heavy atom. The molecule has 0 saturated carbocycles. The Morgan fingerprint density at radius 1 is 1.45 bits per heavy atom. The van der Waals surface area contributed by atoms with Crippen LogP contribution in [0.4, 0.5) is 5.69 Å². The van der Waals surface area contributed by atoms with Gasteiger partial charge in [-0.25, -0.2) is 13.2 Å². The summed E-state index contributed by atoms with van der Waals surface area (Å²) in [6, 6.07) is 1.14. The van der Waals surface area contributed by atoms with E-state index in [-0.39, 0.29) is 21.2 Å². The predicted octanol–water partition coefficient (Wildman–Crippen LogP) is 0.639. The fraction of sp³-hybridized carbons (Fsp3) is 0.100. The first kappa shape index (κ1) is 14.2. The highest BCUT2D eigenvalue weighted by atomic mass is 32.2. The van der Waals surface area contributed by atoms with E-state index in [1.807, 2.05) is 0 Å². The summed E-state index contributed by atoms with van der Waals surface area (Å²) >= 11 is 0.553. The molecule has 20 heavy (non-hydrogen) atoms. The van der Waals surface area contributed by atoms with Crippen LogP contribution in [-0.4, -0.2) is 29.5 Å². The van der Waals surface area contributed by atoms with Crippen LogP contribution in [0.3, 0.4) is 0 Å². The molecule has 2 heterocycles. The highest BCUT2D eigenvalue weighted by Gasteiger charge is 2.21. The fourth-order valence-electron chi connectivity index (χ4n) is 1.46. The van der Waals surface area contributed by atoms with E-state index in [1.165, 1.54) is 13.1 Å². The Kier molecular flexibility index (Phi) is 3.59. The molecule has 0 aliphatic carbocycles. The second-order valence-electron chi connectivity index (χ2n) is 3.80. The number of hydrogen-bond acceptors (Lipinski definition) is 6. The Labute approximate surface area is 117 Å². The van der Waals surface area contributed by atoms with Gasteiger partial charge in [-0.3, -0.25) is 14.5 Å². The third-order valence-electron chi connectivity index (χ3n) is 2.26. The summed E-state index contributed by atoms with van der Waals surface area (Å²) < 4.78 is 26.2. The SMILES string of the molecule is Cc1[nH]c(=O)sc1S(=O)(=O)Nc1cncc(C(=O)O)c1. The number of aryl methyl sites for hydroxylation is 1. The molecule has 106 valence electrons. The van der Waals surface area contributed by atoms with Crippen molar-refractivity contribution in [2.45, 2.75) is 11.1 Å². The summed E-state index contributed by atoms with van der Waals surface area (Å²) in [6.07, 6.45) is 2.27. The number of hydrogen-bond donors (Lipinski definition) is 3. The van der Waals surface area contributed by atoms with Gasteiger partial charge in [0.2, 0.25) is 0 Å². The number of thiazole rings is 1. The molecule has 0 bridgehead atoms. The molecule has 0 fully saturated rings. The molecule has 0 aliphatic heterocycles. The van der Waals surface area contributed by atoms with Crippen molar-refractivity contribution in [3.8, 4) is 0 Å². The molecule has 0 amide bonds. The lowest BCUT2D eigenvalue weighted by molar-refractivity contribution is 0.0696. The smallest absolute Gasteiger partial charge is 0.337 e. The largest absolute Gasteiger partial charge is 0.478 e. The molecule has 3 N–H and O–H groups in total. The number of aromatic carboxylic acids is 1. The van der Waals surface area contributed by atoms with Crippen LogP contribution in [0.5, 0.6) is 0 Å². The van der Waals surface area contributed by atoms with E-state index in [4.69, 9.17) is 5.11 Å². The first-order valence-electron chi connectivity index (χ1n) is 5.20. The summed E-state index contributed by atoms with van der Waals surface area (Å²) in [6.45, 7) is 1.46. The Hall–Kier alpha value is -2.20. The second kappa shape index (κ2) is 5.06. The Bertz CT molecular complexity index is 821. The zero-order valence-electron chi connectivity index (χ0n) is 10.1. The van der Waals surface area contributed by atoms with Crippen LogP contribution in [0.25, 0.3) is 0 Å². The number of carboxylic acid groups (broad SMARTS) is 1. The summed E-state index contributed by atoms with van der Waals surface area (Å²) in [5, 5.41) is 8.81. The van der Waals surface area contributed by atoms with Gasteiger partial charge in [-0.15, -0.1) is 0 Å². The zero-order chi connectivity index (χ0) is 14.9. The molecule has 0 spiro atoms. The lowest BCUT2D eigenvalue weighted by Gasteiger charge is -2.06. The number of sulfonamides is 1. The molecule has 0 unspecified atom stereocenters. The maximum absolute atomic E-state index is 12.1. The predicted molar refractivity (Wildman–Crippen MR) is 71.7 cm³/mol. The number of aromatic nitrogens is 2. The number of carbonyl (C=O) groups is 1. The maximum atomic E-state index is 12.1. The minimum absolute atomic E-state index is 0.00477. The van der Waals surface area contributed by atoms with E-state index < -0.39 is 20.9 Å². The van der Waals surface area contributed by atoms with Crippen molar-refractivity contribution in [2.75, 3.05) is 4.72 Å². The first-order valence-corrected chi connectivity index (χ1v) is 7.50. The van der Waals surface area contributed by atoms with Crippen LogP contribution in [0.1, 0.15) is 16.1 Å². The number of carboxylic acids is 1. The van der Waals surface area contributed by atoms with Gasteiger partial charge in [0, 0.05) is 11.9 Å². The molecule has 2 aromatic heterocycles. The van der Waals surface area contributed by atoms with Gasteiger partial charge in [0.05, 0.1) is 17.4 Å². The highest BCUT2D eigenvalue weighted by molar-refractivity contribution is 7.94. The van der Waals surface area contributed by atoms with Crippen LogP contribution < -0.4 is 9.60 Å². The van der Waals surface area contributed by atoms with Crippen molar-refractivity contribution < 1.29 is 18.3 Å². The fourth-order valence-corrected chi connectivity index (χ4v) is 3.80. The van der Waals surface area contributed by atoms with E-state index in [1.54, 1.807) is 0 Å². The molecule has 0 saturated heterocycles. The molecule has 10 heteroatoms. The number of pyridine rings is 1. The van der Waals surface area contributed by atoms with E-state index in [9.17, 15) is 18.0 Å². The zero-order valence-corrected chi connectivity index (χ0v) is 11.7. The average molecular weight is 315 g/mol. The number of aromatic amines is 1. The third-order valence-corrected chi connectivity index (χ3v) is 5.25. The molecule has 0 aromatic carbocycles. The van der Waals surface area contributed by atoms with E-state index >= 15 is 0 Å². The van der Waals surface area contributed by atoms with Crippen molar-refractivity contribution in [1.82, 2.24) is 9.97 Å². The highest BCUT2D eigenvalue weighted by Crippen LogP contribution is 2.20. The average Bonchev–Trinajstić information content (AvgIpc) is 2.69. The molecular weight excluding hydrogens is 306 g/mol. The van der Waals surface area contributed by atoms with Crippen LogP contribution in [0.2, 0.25) is 0 Å². The molecule has 0 aliphatic rings. The number of nitrogens with zero attached hydrogens (tertiary/aromatic N) is 1. The molecule has 8 nitrogen and oxygen atoms in total. The van der Waals surface area contributed by atoms with E-state index in [2.05, 4.69) is 14.7 Å². The quantitative estimate of drug-likeness (QED) is 0.759. The Morgan fingerprint density at radius 2 is 2.15 bits per heavy atom. The van der Waals surface area contributed by atoms with Crippen molar-refractivity contribution in [3.05, 3.63) is 39.4 Å². The van der Waals surface area contributed by atoms with Crippen molar-refractivity contribution in [2.24, 2.45) is 0 Å². The van der Waals surface area contributed by atoms with Crippen LogP contribution in [0, 0.1) is 6.92 Å². The van der Waals surface area contributed by atoms with Crippen molar-refractivity contribution in [3.63, 3.8) is 0 Å². The van der Waals surface area contributed by atoms with Gasteiger partial charge in [-0.1, -0.05) is 11.3 Å². The molecule has 2 aromatic rings. The summed E-state index contributed by atoms with van der Waals surface area (Å²) in [4.78, 5) is 27.4. The van der Waals surface area contributed by atoms with Gasteiger partial charge in [0.1, 0.15) is 0 Å². The van der Waals surface area contributed by atoms with Gasteiger partial charge < -0.3 is 10.1 Å². The van der Waals surface area contributed by atoms with Gasteiger partial charge in [-0.05, 0) is 13.0 Å². The third kappa shape index (κ3) is 2.86. The van der Waals surface area contributed by atoms with Gasteiger partial charge in [0.25, 0.3) is 10.0 Å². The molecular formula is C10H9N3O5S2. The number of rotatable bonds is 4. The second-order valence-corrected chi connectivity index (χ2v) is 6.66. The van der Waals surface area contributed by atoms with Crippen LogP contribution in [-0.2, 0) is 10.0 Å². The summed E-state index contributed by atoms with van der Waals surface area (Å²) in [7, 11) is -3.96. The first-order chi connectivity index (χ1) is 9.29. The number of nitrogens with one attached hydrogen (secondary N) is 2. The standard InChI is InChI=1S/C10H9N3O5S2/c1-5-9(19-10(16)12-5)20(17,18)13-7-2-6(8(14)15)3-11-4-7/h2-4,13H,1H3,(H,12,16)(H,14,15). The number of H-pyrrole nitrogens is 1. The molecule has 0 atom stereocenters. The molecule has 0 radical (unpaired) electrons. The van der Waals surface area contributed by atoms with Gasteiger partial charge >= 0.3 is 10.8 Å². The maximum Gasteiger partial charge on any atom is 0.337 e.